The first-order valence-electron chi connectivity index (χ1n) is 12.7. The molecule has 3 aromatic rings. The lowest BCUT2D eigenvalue weighted by Gasteiger charge is -2.30. The highest BCUT2D eigenvalue weighted by molar-refractivity contribution is 5.77. The molecule has 1 aliphatic carbocycles. The van der Waals surface area contributed by atoms with Gasteiger partial charge in [-0.15, -0.1) is 0 Å². The van der Waals surface area contributed by atoms with Gasteiger partial charge in [0.1, 0.15) is 11.4 Å². The van der Waals surface area contributed by atoms with Gasteiger partial charge in [-0.2, -0.15) is 4.98 Å². The van der Waals surface area contributed by atoms with Crippen LogP contribution in [0.4, 0.5) is 0 Å². The minimum Gasteiger partial charge on any atom is -0.346 e. The summed E-state index contributed by atoms with van der Waals surface area (Å²) in [6.07, 6.45) is 7.20. The average molecular weight is 481 g/mol. The Morgan fingerprint density at radius 2 is 1.86 bits per heavy atom. The predicted molar refractivity (Wildman–Crippen MR) is 132 cm³/mol. The first-order chi connectivity index (χ1) is 16.8. The summed E-state index contributed by atoms with van der Waals surface area (Å²) < 4.78 is 5.50. The van der Waals surface area contributed by atoms with Crippen LogP contribution in [-0.4, -0.2) is 31.9 Å². The van der Waals surface area contributed by atoms with E-state index in [1.807, 2.05) is 24.3 Å². The van der Waals surface area contributed by atoms with Crippen molar-refractivity contribution in [3.05, 3.63) is 41.8 Å². The van der Waals surface area contributed by atoms with Crippen LogP contribution in [0.5, 0.6) is 0 Å². The summed E-state index contributed by atoms with van der Waals surface area (Å²) in [5.74, 6) is 1.88. The minimum absolute atomic E-state index is 0.0955. The minimum atomic E-state index is -0.587. The van der Waals surface area contributed by atoms with E-state index in [2.05, 4.69) is 44.6 Å². The number of aromatic nitrogens is 4. The van der Waals surface area contributed by atoms with Gasteiger partial charge in [-0.25, -0.2) is 4.98 Å². The third-order valence-corrected chi connectivity index (χ3v) is 6.61. The average Bonchev–Trinajstić information content (AvgIpc) is 3.40. The maximum Gasteiger partial charge on any atom is 0.227 e. The smallest absolute Gasteiger partial charge is 0.227 e. The molecule has 0 unspecified atom stereocenters. The highest BCUT2D eigenvalue weighted by Crippen LogP contribution is 2.34. The third-order valence-electron chi connectivity index (χ3n) is 6.61. The van der Waals surface area contributed by atoms with E-state index in [-0.39, 0.29) is 24.3 Å². The Hall–Kier alpha value is -3.23. The molecule has 1 atom stereocenters. The van der Waals surface area contributed by atoms with Gasteiger partial charge >= 0.3 is 0 Å². The number of H-pyrrole nitrogens is 1. The first kappa shape index (κ1) is 24.9. The van der Waals surface area contributed by atoms with Gasteiger partial charge in [-0.05, 0) is 37.3 Å². The highest BCUT2D eigenvalue weighted by Gasteiger charge is 2.38. The van der Waals surface area contributed by atoms with E-state index in [0.29, 0.717) is 24.1 Å². The Morgan fingerprint density at radius 3 is 2.54 bits per heavy atom. The normalized spacial score (nSPS) is 16.7. The lowest BCUT2D eigenvalue weighted by atomic mass is 9.89. The largest absolute Gasteiger partial charge is 0.346 e. The molecule has 0 radical (unpaired) electrons. The molecule has 0 aliphatic heterocycles. The number of nitrogens with zero attached hydrogens (tertiary/aromatic N) is 3. The molecule has 35 heavy (non-hydrogen) atoms. The van der Waals surface area contributed by atoms with Crippen molar-refractivity contribution < 1.29 is 14.1 Å². The Morgan fingerprint density at radius 1 is 1.11 bits per heavy atom. The number of carbonyl (C=O) groups is 2. The zero-order chi connectivity index (χ0) is 24.8. The topological polar surface area (TPSA) is 126 Å². The number of aryl methyl sites for hydroxylation is 1. The molecule has 0 bridgehead atoms. The maximum atomic E-state index is 12.9. The van der Waals surface area contributed by atoms with Crippen LogP contribution in [0.1, 0.15) is 95.7 Å². The molecule has 0 spiro atoms. The summed E-state index contributed by atoms with van der Waals surface area (Å²) in [4.78, 5) is 37.4. The Balaban J connectivity index is 1.41. The number of para-hydroxylation sites is 2. The highest BCUT2D eigenvalue weighted by atomic mass is 16.5. The molecular formula is C26H36N6O3. The Kier molecular flexibility index (Phi) is 7.83. The number of hydrogen-bond donors (Lipinski definition) is 3. The van der Waals surface area contributed by atoms with Crippen LogP contribution in [0.15, 0.2) is 28.8 Å². The van der Waals surface area contributed by atoms with E-state index in [1.54, 1.807) is 0 Å². The SMILES string of the molecule is CC(=O)NC1(c2noc(CCC(=O)N[C@@H](CC(C)C)c3nc4ccccc4[nH]3)n2)CCCCCC1. The molecule has 9 heteroatoms. The third kappa shape index (κ3) is 6.26. The summed E-state index contributed by atoms with van der Waals surface area (Å²) in [6, 6.07) is 7.65. The van der Waals surface area contributed by atoms with Crippen molar-refractivity contribution >= 4 is 22.8 Å². The van der Waals surface area contributed by atoms with Gasteiger partial charge < -0.3 is 20.1 Å². The number of aromatic amines is 1. The molecule has 1 aliphatic rings. The molecule has 188 valence electrons. The number of hydrogen-bond acceptors (Lipinski definition) is 6. The van der Waals surface area contributed by atoms with Crippen LogP contribution < -0.4 is 10.6 Å². The van der Waals surface area contributed by atoms with E-state index in [4.69, 9.17) is 4.52 Å². The molecule has 0 saturated heterocycles. The molecular weight excluding hydrogens is 444 g/mol. The van der Waals surface area contributed by atoms with Crippen LogP contribution in [0.25, 0.3) is 11.0 Å². The predicted octanol–water partition coefficient (Wildman–Crippen LogP) is 4.47. The number of fused-ring (bicyclic) bond motifs is 1. The second-order valence-corrected chi connectivity index (χ2v) is 10.1. The number of imidazole rings is 1. The summed E-state index contributed by atoms with van der Waals surface area (Å²) in [6.45, 7) is 5.77. The first-order valence-corrected chi connectivity index (χ1v) is 12.7. The number of rotatable bonds is 9. The van der Waals surface area contributed by atoms with Crippen LogP contribution >= 0.6 is 0 Å². The monoisotopic (exact) mass is 480 g/mol. The van der Waals surface area contributed by atoms with E-state index in [0.717, 1.165) is 61.8 Å². The second kappa shape index (κ2) is 11.0. The van der Waals surface area contributed by atoms with Crippen molar-refractivity contribution in [2.45, 2.75) is 90.1 Å². The van der Waals surface area contributed by atoms with Gasteiger partial charge in [0.05, 0.1) is 17.1 Å². The molecule has 2 amide bonds. The van der Waals surface area contributed by atoms with Crippen LogP contribution in [-0.2, 0) is 21.5 Å². The van der Waals surface area contributed by atoms with Gasteiger partial charge in [0.2, 0.25) is 17.7 Å². The quantitative estimate of drug-likeness (QED) is 0.388. The van der Waals surface area contributed by atoms with Crippen LogP contribution in [0, 0.1) is 5.92 Å². The number of benzene rings is 1. The van der Waals surface area contributed by atoms with Crippen molar-refractivity contribution in [2.75, 3.05) is 0 Å². The Bertz CT molecular complexity index is 1110. The van der Waals surface area contributed by atoms with Gasteiger partial charge in [0.25, 0.3) is 0 Å². The number of carbonyl (C=O) groups excluding carboxylic acids is 2. The molecule has 1 saturated carbocycles. The zero-order valence-electron chi connectivity index (χ0n) is 20.9. The summed E-state index contributed by atoms with van der Waals surface area (Å²) in [5.41, 5.74) is 1.25. The van der Waals surface area contributed by atoms with Crippen molar-refractivity contribution in [2.24, 2.45) is 5.92 Å². The molecule has 1 aromatic carbocycles. The van der Waals surface area contributed by atoms with Gasteiger partial charge in [0.15, 0.2) is 5.82 Å². The van der Waals surface area contributed by atoms with Crippen molar-refractivity contribution in [1.29, 1.82) is 0 Å². The molecule has 9 nitrogen and oxygen atoms in total. The van der Waals surface area contributed by atoms with E-state index < -0.39 is 5.54 Å². The lowest BCUT2D eigenvalue weighted by molar-refractivity contribution is -0.122. The van der Waals surface area contributed by atoms with E-state index in [9.17, 15) is 9.59 Å². The number of amides is 2. The summed E-state index contributed by atoms with van der Waals surface area (Å²) in [7, 11) is 0. The van der Waals surface area contributed by atoms with Gasteiger partial charge in [0, 0.05) is 19.8 Å². The number of nitrogens with one attached hydrogen (secondary N) is 3. The van der Waals surface area contributed by atoms with Gasteiger partial charge in [-0.3, -0.25) is 9.59 Å². The van der Waals surface area contributed by atoms with Crippen LogP contribution in [0.3, 0.4) is 0 Å². The molecule has 1 fully saturated rings. The van der Waals surface area contributed by atoms with Gasteiger partial charge in [-0.1, -0.05) is 56.8 Å². The summed E-state index contributed by atoms with van der Waals surface area (Å²) in [5, 5.41) is 10.4. The Labute approximate surface area is 205 Å². The lowest BCUT2D eigenvalue weighted by Crippen LogP contribution is -2.45. The molecule has 2 heterocycles. The summed E-state index contributed by atoms with van der Waals surface area (Å²) >= 11 is 0. The van der Waals surface area contributed by atoms with E-state index >= 15 is 0 Å². The van der Waals surface area contributed by atoms with Crippen molar-refractivity contribution in [1.82, 2.24) is 30.7 Å². The maximum absolute atomic E-state index is 12.9. The zero-order valence-corrected chi connectivity index (χ0v) is 20.9. The standard InChI is InChI=1S/C26H36N6O3/c1-17(2)16-21(24-28-19-10-6-7-11-20(19)29-24)27-22(34)12-13-23-30-25(32-35-23)26(31-18(3)33)14-8-4-5-9-15-26/h6-7,10-11,17,21H,4-5,8-9,12-16H2,1-3H3,(H,27,34)(H,28,29)(H,31,33)/t21-/m0/s1. The molecule has 4 rings (SSSR count). The van der Waals surface area contributed by atoms with E-state index in [1.165, 1.54) is 6.92 Å². The van der Waals surface area contributed by atoms with Crippen molar-refractivity contribution in [3.8, 4) is 0 Å². The van der Waals surface area contributed by atoms with Crippen molar-refractivity contribution in [3.63, 3.8) is 0 Å². The van der Waals surface area contributed by atoms with Crippen LogP contribution in [0.2, 0.25) is 0 Å². The molecule has 2 aromatic heterocycles. The fourth-order valence-electron chi connectivity index (χ4n) is 4.96. The fourth-order valence-corrected chi connectivity index (χ4v) is 4.96. The molecule has 3 N–H and O–H groups in total. The second-order valence-electron chi connectivity index (χ2n) is 10.1. The fraction of sp³-hybridized carbons (Fsp3) is 0.577.